The highest BCUT2D eigenvalue weighted by Crippen LogP contribution is 2.58. The second kappa shape index (κ2) is 13.0. The summed E-state index contributed by atoms with van der Waals surface area (Å²) in [5, 5.41) is 0. The molecule has 0 spiro atoms. The second-order valence-electron chi connectivity index (χ2n) is 15.4. The Morgan fingerprint density at radius 1 is 0.661 bits per heavy atom. The van der Waals surface area contributed by atoms with Crippen LogP contribution in [0.15, 0.2) is 126 Å². The highest BCUT2D eigenvalue weighted by atomic mass is 19.2. The number of nitrogens with zero attached hydrogens (tertiary/aromatic N) is 2. The number of methoxy groups -OCH3 is 2. The zero-order chi connectivity index (χ0) is 38.3. The number of fused-ring (bicyclic) bond motifs is 4. The van der Waals surface area contributed by atoms with Crippen LogP contribution in [0, 0.1) is 11.8 Å². The SMILES string of the molecule is COC(=O)c1ccc(/C=C/C2=[N+]3C(=C(c4ccccc4)c4c5c(c(/C=C/c6ccc(C(=O)OC)cc6)n4[B-]3(F)F)C3C=CC5CC3)C3=C2C2C=CC3CC2)cc1. The average Bonchev–Trinajstić information content (AvgIpc) is 3.81. The van der Waals surface area contributed by atoms with Crippen molar-refractivity contribution in [2.75, 3.05) is 14.2 Å². The zero-order valence-electron chi connectivity index (χ0n) is 31.1. The van der Waals surface area contributed by atoms with Crippen molar-refractivity contribution in [3.63, 3.8) is 0 Å². The smallest absolute Gasteiger partial charge is 0.465 e. The Labute approximate surface area is 324 Å². The first-order valence-electron chi connectivity index (χ1n) is 19.4. The van der Waals surface area contributed by atoms with Gasteiger partial charge in [0.2, 0.25) is 0 Å². The molecule has 9 heteroatoms. The predicted octanol–water partition coefficient (Wildman–Crippen LogP) is 9.83. The molecule has 0 N–H and O–H groups in total. The first-order valence-corrected chi connectivity index (χ1v) is 19.4. The van der Waals surface area contributed by atoms with Crippen LogP contribution in [0.3, 0.4) is 0 Å². The molecule has 56 heavy (non-hydrogen) atoms. The third-order valence-corrected chi connectivity index (χ3v) is 12.5. The number of esters is 2. The summed E-state index contributed by atoms with van der Waals surface area (Å²) < 4.78 is 49.5. The van der Waals surface area contributed by atoms with Gasteiger partial charge in [0.1, 0.15) is 0 Å². The Morgan fingerprint density at radius 2 is 1.18 bits per heavy atom. The van der Waals surface area contributed by atoms with Crippen molar-refractivity contribution in [3.8, 4) is 0 Å². The molecule has 0 saturated heterocycles. The lowest BCUT2D eigenvalue weighted by Gasteiger charge is -2.36. The van der Waals surface area contributed by atoms with Crippen LogP contribution in [0.5, 0.6) is 0 Å². The van der Waals surface area contributed by atoms with E-state index in [1.54, 1.807) is 24.3 Å². The average molecular weight is 745 g/mol. The van der Waals surface area contributed by atoms with Crippen LogP contribution in [0.4, 0.5) is 8.63 Å². The molecule has 4 unspecified atom stereocenters. The van der Waals surface area contributed by atoms with Crippen molar-refractivity contribution in [2.24, 2.45) is 11.8 Å². The Morgan fingerprint density at radius 3 is 1.73 bits per heavy atom. The van der Waals surface area contributed by atoms with E-state index in [0.29, 0.717) is 33.9 Å². The summed E-state index contributed by atoms with van der Waals surface area (Å²) in [6.45, 7) is -4.43. The van der Waals surface area contributed by atoms with Crippen molar-refractivity contribution >= 4 is 48.4 Å². The van der Waals surface area contributed by atoms with Gasteiger partial charge in [0.15, 0.2) is 11.4 Å². The third kappa shape index (κ3) is 5.09. The molecule has 8 aliphatic rings. The molecule has 6 aliphatic carbocycles. The number of aromatic nitrogens is 1. The molecule has 0 saturated carbocycles. The van der Waals surface area contributed by atoms with Crippen molar-refractivity contribution in [2.45, 2.75) is 37.5 Å². The van der Waals surface area contributed by atoms with Gasteiger partial charge in [0, 0.05) is 52.3 Å². The fourth-order valence-electron chi connectivity index (χ4n) is 10.1. The normalized spacial score (nSPS) is 23.6. The van der Waals surface area contributed by atoms with Gasteiger partial charge in [-0.25, -0.2) is 9.59 Å². The molecule has 3 heterocycles. The van der Waals surface area contributed by atoms with Crippen molar-refractivity contribution < 1.29 is 32.2 Å². The summed E-state index contributed by atoms with van der Waals surface area (Å²) in [4.78, 5) is 24.3. The Balaban J connectivity index is 1.24. The van der Waals surface area contributed by atoms with E-state index in [1.165, 1.54) is 23.2 Å². The molecule has 278 valence electrons. The van der Waals surface area contributed by atoms with Crippen LogP contribution in [-0.2, 0) is 9.47 Å². The Kier molecular flexibility index (Phi) is 7.99. The number of carbonyl (C=O) groups is 2. The highest BCUT2D eigenvalue weighted by Gasteiger charge is 2.61. The minimum Gasteiger partial charge on any atom is -0.465 e. The monoisotopic (exact) mass is 744 g/mol. The highest BCUT2D eigenvalue weighted by molar-refractivity contribution is 6.59. The van der Waals surface area contributed by atoms with Gasteiger partial charge >= 0.3 is 18.9 Å². The van der Waals surface area contributed by atoms with E-state index in [9.17, 15) is 9.59 Å². The molecule has 0 fully saturated rings. The number of hydrogen-bond acceptors (Lipinski definition) is 4. The molecule has 6 nitrogen and oxygen atoms in total. The molecule has 1 aromatic heterocycles. The summed E-state index contributed by atoms with van der Waals surface area (Å²) in [5.41, 5.74) is 10.5. The number of benzene rings is 3. The zero-order valence-corrected chi connectivity index (χ0v) is 31.1. The molecule has 4 bridgehead atoms. The van der Waals surface area contributed by atoms with Gasteiger partial charge in [0.25, 0.3) is 0 Å². The summed E-state index contributed by atoms with van der Waals surface area (Å²) in [6.07, 6.45) is 20.0. The molecule has 12 rings (SSSR count). The van der Waals surface area contributed by atoms with Crippen LogP contribution in [0.1, 0.15) is 97.4 Å². The van der Waals surface area contributed by atoms with Crippen LogP contribution < -0.4 is 0 Å². The van der Waals surface area contributed by atoms with Crippen LogP contribution >= 0.6 is 0 Å². The van der Waals surface area contributed by atoms with E-state index >= 15 is 8.63 Å². The first kappa shape index (κ1) is 34.4. The fraction of sp³-hybridized carbons (Fsp3) is 0.213. The van der Waals surface area contributed by atoms with E-state index < -0.39 is 18.9 Å². The van der Waals surface area contributed by atoms with E-state index in [0.717, 1.165) is 70.2 Å². The second-order valence-corrected chi connectivity index (χ2v) is 15.4. The number of allylic oxidation sites excluding steroid dienone is 7. The number of carbonyl (C=O) groups excluding carboxylic acids is 2. The summed E-state index contributed by atoms with van der Waals surface area (Å²) >= 11 is 0. The number of halogens is 2. The van der Waals surface area contributed by atoms with Crippen molar-refractivity contribution in [1.29, 1.82) is 0 Å². The minimum absolute atomic E-state index is 0.0256. The van der Waals surface area contributed by atoms with Crippen LogP contribution in [0.2, 0.25) is 0 Å². The first-order chi connectivity index (χ1) is 27.3. The van der Waals surface area contributed by atoms with Gasteiger partial charge in [-0.3, -0.25) is 0 Å². The van der Waals surface area contributed by atoms with Crippen molar-refractivity contribution in [1.82, 2.24) is 4.48 Å². The maximum absolute atomic E-state index is 18.5. The molecule has 2 aliphatic heterocycles. The van der Waals surface area contributed by atoms with Gasteiger partial charge in [-0.2, -0.15) is 0 Å². The van der Waals surface area contributed by atoms with E-state index in [4.69, 9.17) is 9.47 Å². The number of hydrogen-bond donors (Lipinski definition) is 0. The summed E-state index contributed by atoms with van der Waals surface area (Å²) in [7, 11) is 2.69. The maximum atomic E-state index is 18.5. The topological polar surface area (TPSA) is 60.5 Å². The molecule has 4 aromatic rings. The van der Waals surface area contributed by atoms with E-state index in [1.807, 2.05) is 66.8 Å². The van der Waals surface area contributed by atoms with Gasteiger partial charge in [-0.05, 0) is 89.9 Å². The van der Waals surface area contributed by atoms with Crippen LogP contribution in [0.25, 0.3) is 23.8 Å². The van der Waals surface area contributed by atoms with E-state index in [-0.39, 0.29) is 23.7 Å². The number of rotatable bonds is 7. The number of ether oxygens (including phenoxy) is 2. The lowest BCUT2D eigenvalue weighted by molar-refractivity contribution is -0.362. The van der Waals surface area contributed by atoms with Gasteiger partial charge < -0.3 is 27.1 Å². The summed E-state index contributed by atoms with van der Waals surface area (Å²) in [5.74, 6) is -0.744. The van der Waals surface area contributed by atoms with Crippen molar-refractivity contribution in [3.05, 3.63) is 176 Å². The molecule has 4 atom stereocenters. The molecule has 0 radical (unpaired) electrons. The fourth-order valence-corrected chi connectivity index (χ4v) is 10.1. The molecule has 3 aromatic carbocycles. The minimum atomic E-state index is -4.43. The Bertz CT molecular complexity index is 2570. The van der Waals surface area contributed by atoms with Gasteiger partial charge in [-0.1, -0.05) is 85.0 Å². The standard InChI is InChI=1S/C47H39BF2N2O4/c1-55-46(53)35-14-8-28(9-15-35)12-26-37-39-31-18-22-33(23-19-31)41(39)44-43(30-6-4-3-5-7-30)45-42-34-24-20-32(21-25-34)40(42)38(52(45)48(49,50)51(37)44)27-13-29-10-16-36(17-11-29)47(54)56-2/h3-18,20,22,24,26-27,31-34H,19,21,23,25H2,1-2H3/b26-12+,27-13+. The third-order valence-electron chi connectivity index (χ3n) is 12.5. The van der Waals surface area contributed by atoms with Gasteiger partial charge in [-0.15, -0.1) is 0 Å². The molecule has 0 amide bonds. The van der Waals surface area contributed by atoms with E-state index in [2.05, 4.69) is 36.4 Å². The lowest BCUT2D eigenvalue weighted by atomic mass is 9.68. The largest absolute Gasteiger partial charge is 0.737 e. The lowest BCUT2D eigenvalue weighted by Crippen LogP contribution is -2.52. The molecular formula is C47H39BF2N2O4. The predicted molar refractivity (Wildman–Crippen MR) is 215 cm³/mol. The quantitative estimate of drug-likeness (QED) is 0.107. The van der Waals surface area contributed by atoms with Gasteiger partial charge in [0.05, 0.1) is 30.9 Å². The summed E-state index contributed by atoms with van der Waals surface area (Å²) in [6, 6.07) is 24.1. The maximum Gasteiger partial charge on any atom is 0.737 e. The Hall–Kier alpha value is -6.09. The molecular weight excluding hydrogens is 705 g/mol. The van der Waals surface area contributed by atoms with Crippen LogP contribution in [-0.4, -0.2) is 47.8 Å².